The second-order valence-electron chi connectivity index (χ2n) is 8.88. The number of hydrogen-bond acceptors (Lipinski definition) is 7. The normalized spacial score (nSPS) is 11.9. The summed E-state index contributed by atoms with van der Waals surface area (Å²) in [6.45, 7) is 6.64. The van der Waals surface area contributed by atoms with Crippen LogP contribution in [0.2, 0.25) is 0 Å². The minimum atomic E-state index is -1.19. The van der Waals surface area contributed by atoms with Gasteiger partial charge in [0.05, 0.1) is 26.4 Å². The summed E-state index contributed by atoms with van der Waals surface area (Å²) < 4.78 is 41.5. The van der Waals surface area contributed by atoms with Gasteiger partial charge in [-0.15, -0.1) is 21.5 Å². The molecular weight excluding hydrogens is 488 g/mol. The molecule has 5 aromatic rings. The number of hydrogen-bond donors (Lipinski definition) is 1. The van der Waals surface area contributed by atoms with E-state index in [9.17, 15) is 18.7 Å². The van der Waals surface area contributed by atoms with Crippen LogP contribution in [0.5, 0.6) is 11.5 Å². The van der Waals surface area contributed by atoms with Gasteiger partial charge in [-0.3, -0.25) is 4.79 Å². The summed E-state index contributed by atoms with van der Waals surface area (Å²) in [5.41, 5.74) is 0.667. The van der Waals surface area contributed by atoms with Gasteiger partial charge in [0.15, 0.2) is 17.3 Å². The quantitative estimate of drug-likeness (QED) is 0.312. The summed E-state index contributed by atoms with van der Waals surface area (Å²) in [5.74, 6) is -0.846. The lowest BCUT2D eigenvalue weighted by atomic mass is 9.97. The van der Waals surface area contributed by atoms with Crippen molar-refractivity contribution in [3.63, 3.8) is 0 Å². The fourth-order valence-electron chi connectivity index (χ4n) is 3.77. The zero-order valence-corrected chi connectivity index (χ0v) is 20.6. The summed E-state index contributed by atoms with van der Waals surface area (Å²) in [5, 5.41) is 18.6. The van der Waals surface area contributed by atoms with Crippen LogP contribution in [0, 0.1) is 25.5 Å². The van der Waals surface area contributed by atoms with Crippen LogP contribution in [0.25, 0.3) is 26.7 Å². The predicted molar refractivity (Wildman–Crippen MR) is 132 cm³/mol. The first kappa shape index (κ1) is 23.8. The maximum absolute atomic E-state index is 14.4. The Morgan fingerprint density at radius 1 is 1.06 bits per heavy atom. The van der Waals surface area contributed by atoms with Crippen LogP contribution in [0.1, 0.15) is 30.9 Å². The second-order valence-corrected chi connectivity index (χ2v) is 9.93. The number of fused-ring (bicyclic) bond motifs is 1. The number of halogens is 2. The molecular formula is C26H21F2N3O4S. The number of pyridine rings is 1. The first-order chi connectivity index (χ1) is 17.0. The summed E-state index contributed by atoms with van der Waals surface area (Å²) in [6.07, 6.45) is 1.65. The molecule has 0 atom stereocenters. The van der Waals surface area contributed by atoms with Gasteiger partial charge < -0.3 is 18.8 Å². The third-order valence-corrected chi connectivity index (χ3v) is 6.75. The van der Waals surface area contributed by atoms with Crippen molar-refractivity contribution in [3.8, 4) is 28.0 Å². The monoisotopic (exact) mass is 509 g/mol. The topological polar surface area (TPSA) is 90.4 Å². The third-order valence-electron chi connectivity index (χ3n) is 5.63. The fourth-order valence-corrected chi connectivity index (χ4v) is 4.85. The highest BCUT2D eigenvalue weighted by Gasteiger charge is 2.22. The van der Waals surface area contributed by atoms with Crippen LogP contribution in [0.4, 0.5) is 8.78 Å². The Morgan fingerprint density at radius 2 is 1.81 bits per heavy atom. The summed E-state index contributed by atoms with van der Waals surface area (Å²) >= 11 is 1.22. The number of nitrogens with zero attached hydrogens (tertiary/aromatic N) is 3. The molecule has 0 aliphatic carbocycles. The molecule has 0 bridgehead atoms. The van der Waals surface area contributed by atoms with E-state index < -0.39 is 17.2 Å². The van der Waals surface area contributed by atoms with Crippen LogP contribution < -0.4 is 10.2 Å². The fraction of sp³-hybridized carbons (Fsp3) is 0.192. The second kappa shape index (κ2) is 8.65. The molecule has 1 N–H and O–H groups in total. The van der Waals surface area contributed by atoms with E-state index in [-0.39, 0.29) is 22.8 Å². The van der Waals surface area contributed by atoms with E-state index in [1.54, 1.807) is 62.7 Å². The van der Waals surface area contributed by atoms with Gasteiger partial charge in [-0.05, 0) is 56.7 Å². The first-order valence-electron chi connectivity index (χ1n) is 11.0. The van der Waals surface area contributed by atoms with E-state index in [1.165, 1.54) is 17.4 Å². The van der Waals surface area contributed by atoms with Gasteiger partial charge in [-0.25, -0.2) is 8.78 Å². The molecule has 0 saturated carbocycles. The molecule has 7 nitrogen and oxygen atoms in total. The largest absolute Gasteiger partial charge is 0.452 e. The Kier molecular flexibility index (Phi) is 5.73. The van der Waals surface area contributed by atoms with E-state index in [1.807, 2.05) is 0 Å². The third kappa shape index (κ3) is 4.29. The zero-order valence-electron chi connectivity index (χ0n) is 19.8. The lowest BCUT2D eigenvalue weighted by molar-refractivity contribution is 0.0785. The average molecular weight is 510 g/mol. The molecule has 0 radical (unpaired) electrons. The Morgan fingerprint density at radius 3 is 2.47 bits per heavy atom. The molecule has 2 aromatic carbocycles. The van der Waals surface area contributed by atoms with E-state index in [4.69, 9.17) is 9.15 Å². The summed E-state index contributed by atoms with van der Waals surface area (Å²) in [4.78, 5) is 13.6. The van der Waals surface area contributed by atoms with Crippen LogP contribution in [0.3, 0.4) is 0 Å². The van der Waals surface area contributed by atoms with Crippen LogP contribution in [-0.4, -0.2) is 19.9 Å². The molecule has 5 rings (SSSR count). The van der Waals surface area contributed by atoms with Crippen LogP contribution in [-0.2, 0) is 5.60 Å². The predicted octanol–water partition coefficient (Wildman–Crippen LogP) is 6.02. The molecule has 0 unspecified atom stereocenters. The lowest BCUT2D eigenvalue weighted by Crippen LogP contribution is -2.16. The van der Waals surface area contributed by atoms with Crippen molar-refractivity contribution in [3.05, 3.63) is 87.5 Å². The van der Waals surface area contributed by atoms with E-state index in [0.717, 1.165) is 12.1 Å². The molecule has 3 heterocycles. The number of aryl methyl sites for hydroxylation is 2. The molecule has 0 saturated heterocycles. The van der Waals surface area contributed by atoms with E-state index in [2.05, 4.69) is 10.2 Å². The van der Waals surface area contributed by atoms with Gasteiger partial charge in [-0.1, -0.05) is 6.07 Å². The highest BCUT2D eigenvalue weighted by molar-refractivity contribution is 7.22. The van der Waals surface area contributed by atoms with Gasteiger partial charge in [0, 0.05) is 24.8 Å². The van der Waals surface area contributed by atoms with Crippen molar-refractivity contribution < 1.29 is 23.0 Å². The number of aromatic nitrogens is 3. The molecule has 184 valence electrons. The van der Waals surface area contributed by atoms with Crippen molar-refractivity contribution in [1.82, 2.24) is 14.8 Å². The summed E-state index contributed by atoms with van der Waals surface area (Å²) in [6, 6.07) is 9.75. The molecule has 0 aliphatic rings. The lowest BCUT2D eigenvalue weighted by Gasteiger charge is -2.22. The van der Waals surface area contributed by atoms with Crippen molar-refractivity contribution in [2.24, 2.45) is 0 Å². The SMILES string of the molecule is Cc1nnc(-c2cc3c(s2)c(=O)c(C)cn3-c2cc(C(C)(C)O)ccc2Oc2ccc(F)cc2F)o1. The Bertz CT molecular complexity index is 1680. The van der Waals surface area contributed by atoms with Crippen LogP contribution >= 0.6 is 11.3 Å². The molecule has 36 heavy (non-hydrogen) atoms. The smallest absolute Gasteiger partial charge is 0.257 e. The standard InChI is InChI=1S/C26H21F2N3O4S/c1-13-12-31(19-11-22(36-24(19)23(13)32)25-30-29-14(2)34-25)18-9-15(26(3,4)33)5-7-21(18)35-20-8-6-16(27)10-17(20)28/h5-12,33H,1-4H3. The highest BCUT2D eigenvalue weighted by Crippen LogP contribution is 2.38. The zero-order chi connectivity index (χ0) is 25.8. The maximum atomic E-state index is 14.4. The minimum Gasteiger partial charge on any atom is -0.452 e. The number of benzene rings is 2. The molecule has 3 aromatic heterocycles. The van der Waals surface area contributed by atoms with Gasteiger partial charge in [0.2, 0.25) is 11.3 Å². The van der Waals surface area contributed by atoms with Crippen molar-refractivity contribution in [2.75, 3.05) is 0 Å². The highest BCUT2D eigenvalue weighted by atomic mass is 32.1. The average Bonchev–Trinajstić information content (AvgIpc) is 3.44. The van der Waals surface area contributed by atoms with Gasteiger partial charge >= 0.3 is 0 Å². The number of thiophene rings is 1. The van der Waals surface area contributed by atoms with Crippen LogP contribution in [0.15, 0.2) is 57.9 Å². The molecule has 0 aliphatic heterocycles. The number of aliphatic hydroxyl groups is 1. The van der Waals surface area contributed by atoms with Crippen molar-refractivity contribution in [2.45, 2.75) is 33.3 Å². The molecule has 0 fully saturated rings. The van der Waals surface area contributed by atoms with Gasteiger partial charge in [0.1, 0.15) is 5.82 Å². The molecule has 0 amide bonds. The van der Waals surface area contributed by atoms with Crippen molar-refractivity contribution in [1.29, 1.82) is 0 Å². The number of rotatable bonds is 5. The van der Waals surface area contributed by atoms with E-state index >= 15 is 0 Å². The number of ether oxygens (including phenoxy) is 1. The Hall–Kier alpha value is -3.89. The summed E-state index contributed by atoms with van der Waals surface area (Å²) in [7, 11) is 0. The van der Waals surface area contributed by atoms with E-state index in [0.29, 0.717) is 37.8 Å². The van der Waals surface area contributed by atoms with Crippen molar-refractivity contribution >= 4 is 21.6 Å². The maximum Gasteiger partial charge on any atom is 0.257 e. The van der Waals surface area contributed by atoms with Gasteiger partial charge in [-0.2, -0.15) is 0 Å². The Balaban J connectivity index is 1.76. The first-order valence-corrected chi connectivity index (χ1v) is 11.8. The van der Waals surface area contributed by atoms with Gasteiger partial charge in [0.25, 0.3) is 5.89 Å². The Labute approximate surface area is 208 Å². The molecule has 0 spiro atoms. The molecule has 10 heteroatoms. The minimum absolute atomic E-state index is 0.153.